The molecule has 0 aliphatic carbocycles. The van der Waals surface area contributed by atoms with Crippen LogP contribution in [-0.2, 0) is 4.79 Å². The SMILES string of the molecule is CNC(=O)c1ccc(/C=C/C(=O)Nc2ccc(OC)c(F)c2)cc1. The number of nitrogens with one attached hydrogen (secondary N) is 2. The molecule has 0 aliphatic heterocycles. The molecular weight excluding hydrogens is 311 g/mol. The van der Waals surface area contributed by atoms with E-state index in [1.165, 1.54) is 25.3 Å². The molecule has 0 aromatic heterocycles. The Morgan fingerprint density at radius 3 is 2.42 bits per heavy atom. The number of amides is 2. The Morgan fingerprint density at radius 2 is 1.83 bits per heavy atom. The van der Waals surface area contributed by atoms with Crippen LogP contribution in [0.1, 0.15) is 15.9 Å². The Hall–Kier alpha value is -3.15. The number of carbonyl (C=O) groups is 2. The lowest BCUT2D eigenvalue weighted by atomic mass is 10.1. The molecule has 0 heterocycles. The van der Waals surface area contributed by atoms with Gasteiger partial charge < -0.3 is 15.4 Å². The summed E-state index contributed by atoms with van der Waals surface area (Å²) in [5.41, 5.74) is 1.63. The van der Waals surface area contributed by atoms with Gasteiger partial charge in [0, 0.05) is 30.4 Å². The molecule has 0 unspecified atom stereocenters. The van der Waals surface area contributed by atoms with Gasteiger partial charge in [-0.15, -0.1) is 0 Å². The van der Waals surface area contributed by atoms with E-state index in [4.69, 9.17) is 4.74 Å². The molecule has 2 aromatic carbocycles. The number of halogens is 1. The monoisotopic (exact) mass is 328 g/mol. The number of hydrogen-bond donors (Lipinski definition) is 2. The van der Waals surface area contributed by atoms with Gasteiger partial charge >= 0.3 is 0 Å². The highest BCUT2D eigenvalue weighted by Crippen LogP contribution is 2.20. The molecule has 2 amide bonds. The van der Waals surface area contributed by atoms with Crippen LogP contribution in [0.15, 0.2) is 48.5 Å². The number of benzene rings is 2. The summed E-state index contributed by atoms with van der Waals surface area (Å²) in [5.74, 6) is -1.01. The Morgan fingerprint density at radius 1 is 1.12 bits per heavy atom. The van der Waals surface area contributed by atoms with Gasteiger partial charge in [0.1, 0.15) is 0 Å². The summed E-state index contributed by atoms with van der Waals surface area (Å²) in [6.45, 7) is 0. The molecular formula is C18H17FN2O3. The van der Waals surface area contributed by atoms with Gasteiger partial charge in [0.05, 0.1) is 7.11 Å². The van der Waals surface area contributed by atoms with Crippen LogP contribution in [0.4, 0.5) is 10.1 Å². The van der Waals surface area contributed by atoms with Crippen LogP contribution in [0.25, 0.3) is 6.08 Å². The smallest absolute Gasteiger partial charge is 0.251 e. The zero-order valence-corrected chi connectivity index (χ0v) is 13.3. The van der Waals surface area contributed by atoms with E-state index in [1.54, 1.807) is 43.5 Å². The first-order chi connectivity index (χ1) is 11.5. The Bertz CT molecular complexity index is 770. The molecule has 0 saturated heterocycles. The maximum atomic E-state index is 13.6. The standard InChI is InChI=1S/C18H17FN2O3/c1-20-18(23)13-6-3-12(4-7-13)5-10-17(22)21-14-8-9-16(24-2)15(19)11-14/h3-11H,1-2H3,(H,20,23)(H,21,22)/b10-5+. The lowest BCUT2D eigenvalue weighted by Gasteiger charge is -2.05. The molecule has 0 spiro atoms. The molecule has 6 heteroatoms. The fourth-order valence-corrected chi connectivity index (χ4v) is 1.99. The first-order valence-corrected chi connectivity index (χ1v) is 7.18. The number of rotatable bonds is 5. The molecule has 0 radical (unpaired) electrons. The van der Waals surface area contributed by atoms with Gasteiger partial charge in [-0.2, -0.15) is 0 Å². The normalized spacial score (nSPS) is 10.5. The van der Waals surface area contributed by atoms with Gasteiger partial charge in [-0.25, -0.2) is 4.39 Å². The average Bonchev–Trinajstić information content (AvgIpc) is 2.60. The van der Waals surface area contributed by atoms with Crippen LogP contribution >= 0.6 is 0 Å². The van der Waals surface area contributed by atoms with Crippen molar-refractivity contribution in [1.82, 2.24) is 5.32 Å². The van der Waals surface area contributed by atoms with Crippen LogP contribution in [0.3, 0.4) is 0 Å². The lowest BCUT2D eigenvalue weighted by Crippen LogP contribution is -2.17. The van der Waals surface area contributed by atoms with Gasteiger partial charge in [-0.05, 0) is 35.9 Å². The van der Waals surface area contributed by atoms with Crippen molar-refractivity contribution in [1.29, 1.82) is 0 Å². The molecule has 0 aliphatic rings. The molecule has 0 saturated carbocycles. The van der Waals surface area contributed by atoms with Crippen molar-refractivity contribution >= 4 is 23.6 Å². The molecule has 124 valence electrons. The van der Waals surface area contributed by atoms with Crippen LogP contribution in [0.5, 0.6) is 5.75 Å². The van der Waals surface area contributed by atoms with Crippen LogP contribution < -0.4 is 15.4 Å². The van der Waals surface area contributed by atoms with Gasteiger partial charge in [0.2, 0.25) is 5.91 Å². The van der Waals surface area contributed by atoms with Gasteiger partial charge in [-0.1, -0.05) is 12.1 Å². The quantitative estimate of drug-likeness (QED) is 0.830. The van der Waals surface area contributed by atoms with E-state index in [0.29, 0.717) is 11.3 Å². The Labute approximate surface area is 139 Å². The first-order valence-electron chi connectivity index (χ1n) is 7.18. The number of ether oxygens (including phenoxy) is 1. The van der Waals surface area contributed by atoms with E-state index in [9.17, 15) is 14.0 Å². The maximum Gasteiger partial charge on any atom is 0.251 e. The second kappa shape index (κ2) is 7.92. The van der Waals surface area contributed by atoms with Crippen molar-refractivity contribution in [3.8, 4) is 5.75 Å². The molecule has 2 N–H and O–H groups in total. The largest absolute Gasteiger partial charge is 0.494 e. The van der Waals surface area contributed by atoms with Gasteiger partial charge in [0.15, 0.2) is 11.6 Å². The minimum Gasteiger partial charge on any atom is -0.494 e. The first kappa shape index (κ1) is 17.2. The number of anilines is 1. The van der Waals surface area contributed by atoms with Crippen molar-refractivity contribution < 1.29 is 18.7 Å². The predicted molar refractivity (Wildman–Crippen MR) is 90.4 cm³/mol. The van der Waals surface area contributed by atoms with E-state index in [0.717, 1.165) is 5.56 Å². The molecule has 2 rings (SSSR count). The number of hydrogen-bond acceptors (Lipinski definition) is 3. The minimum absolute atomic E-state index is 0.111. The summed E-state index contributed by atoms with van der Waals surface area (Å²) in [6, 6.07) is 10.9. The number of methoxy groups -OCH3 is 1. The van der Waals surface area contributed by atoms with Crippen LogP contribution in [-0.4, -0.2) is 26.0 Å². The molecule has 24 heavy (non-hydrogen) atoms. The van der Waals surface area contributed by atoms with E-state index in [2.05, 4.69) is 10.6 Å². The van der Waals surface area contributed by atoms with Gasteiger partial charge in [0.25, 0.3) is 5.91 Å². The van der Waals surface area contributed by atoms with Gasteiger partial charge in [-0.3, -0.25) is 9.59 Å². The topological polar surface area (TPSA) is 67.4 Å². The van der Waals surface area contributed by atoms with E-state index in [-0.39, 0.29) is 11.7 Å². The Kier molecular flexibility index (Phi) is 5.68. The van der Waals surface area contributed by atoms with Crippen LogP contribution in [0.2, 0.25) is 0 Å². The highest BCUT2D eigenvalue weighted by atomic mass is 19.1. The van der Waals surface area contributed by atoms with Crippen molar-refractivity contribution in [3.63, 3.8) is 0 Å². The molecule has 0 bridgehead atoms. The predicted octanol–water partition coefficient (Wildman–Crippen LogP) is 2.85. The van der Waals surface area contributed by atoms with Crippen molar-refractivity contribution in [2.75, 3.05) is 19.5 Å². The zero-order valence-electron chi connectivity index (χ0n) is 13.3. The zero-order chi connectivity index (χ0) is 17.5. The summed E-state index contributed by atoms with van der Waals surface area (Å²) in [5, 5.41) is 5.09. The van der Waals surface area contributed by atoms with E-state index < -0.39 is 11.7 Å². The van der Waals surface area contributed by atoms with Crippen molar-refractivity contribution in [2.24, 2.45) is 0 Å². The highest BCUT2D eigenvalue weighted by Gasteiger charge is 2.05. The second-order valence-corrected chi connectivity index (χ2v) is 4.87. The van der Waals surface area contributed by atoms with E-state index >= 15 is 0 Å². The van der Waals surface area contributed by atoms with Crippen molar-refractivity contribution in [2.45, 2.75) is 0 Å². The second-order valence-electron chi connectivity index (χ2n) is 4.87. The summed E-state index contributed by atoms with van der Waals surface area (Å²) >= 11 is 0. The Balaban J connectivity index is 2.00. The maximum absolute atomic E-state index is 13.6. The fraction of sp³-hybridized carbons (Fsp3) is 0.111. The fourth-order valence-electron chi connectivity index (χ4n) is 1.99. The third kappa shape index (κ3) is 4.42. The van der Waals surface area contributed by atoms with Crippen molar-refractivity contribution in [3.05, 3.63) is 65.5 Å². The third-order valence-corrected chi connectivity index (χ3v) is 3.25. The molecule has 2 aromatic rings. The average molecular weight is 328 g/mol. The lowest BCUT2D eigenvalue weighted by molar-refractivity contribution is -0.111. The third-order valence-electron chi connectivity index (χ3n) is 3.25. The van der Waals surface area contributed by atoms with Crippen LogP contribution in [0, 0.1) is 5.82 Å². The highest BCUT2D eigenvalue weighted by molar-refractivity contribution is 6.02. The van der Waals surface area contributed by atoms with E-state index in [1.807, 2.05) is 0 Å². The molecule has 5 nitrogen and oxygen atoms in total. The number of carbonyl (C=O) groups excluding carboxylic acids is 2. The molecule has 0 atom stereocenters. The molecule has 0 fully saturated rings. The summed E-state index contributed by atoms with van der Waals surface area (Å²) in [4.78, 5) is 23.3. The summed E-state index contributed by atoms with van der Waals surface area (Å²) in [6.07, 6.45) is 2.93. The summed E-state index contributed by atoms with van der Waals surface area (Å²) in [7, 11) is 2.93. The summed E-state index contributed by atoms with van der Waals surface area (Å²) < 4.78 is 18.4. The minimum atomic E-state index is -0.552.